The lowest BCUT2D eigenvalue weighted by Gasteiger charge is -2.15. The van der Waals surface area contributed by atoms with Crippen molar-refractivity contribution in [2.45, 2.75) is 23.7 Å². The van der Waals surface area contributed by atoms with Crippen molar-refractivity contribution >= 4 is 52.4 Å². The third-order valence-electron chi connectivity index (χ3n) is 3.41. The standard InChI is InChI=1S/C15H8Cl3F6N3S/c16-8-3-6(15(22,23)24)4-9(17)10(8)27-12(18)7(5-25)11(13(27)26)28-2-1-14(19,20)21/h3-4H,1-2,26H2. The van der Waals surface area contributed by atoms with E-state index in [4.69, 9.17) is 40.5 Å². The van der Waals surface area contributed by atoms with Gasteiger partial charge in [-0.05, 0) is 12.1 Å². The summed E-state index contributed by atoms with van der Waals surface area (Å²) < 4.78 is 76.7. The number of nitrogens with two attached hydrogens (primary N) is 1. The smallest absolute Gasteiger partial charge is 0.384 e. The highest BCUT2D eigenvalue weighted by atomic mass is 35.5. The second kappa shape index (κ2) is 8.14. The zero-order valence-electron chi connectivity index (χ0n) is 13.4. The first-order valence-electron chi connectivity index (χ1n) is 7.13. The lowest BCUT2D eigenvalue weighted by atomic mass is 10.2. The Labute approximate surface area is 173 Å². The molecule has 0 fully saturated rings. The molecule has 0 atom stereocenters. The summed E-state index contributed by atoms with van der Waals surface area (Å²) in [4.78, 5) is -0.0521. The molecule has 1 aromatic carbocycles. The number of aromatic nitrogens is 1. The van der Waals surface area contributed by atoms with Gasteiger partial charge in [0.15, 0.2) is 0 Å². The number of hydrogen-bond donors (Lipinski definition) is 1. The summed E-state index contributed by atoms with van der Waals surface area (Å²) in [7, 11) is 0. The van der Waals surface area contributed by atoms with Crippen LogP contribution < -0.4 is 5.73 Å². The van der Waals surface area contributed by atoms with Gasteiger partial charge < -0.3 is 5.73 Å². The summed E-state index contributed by atoms with van der Waals surface area (Å²) in [5.74, 6) is -0.714. The third-order valence-corrected chi connectivity index (χ3v) is 5.46. The van der Waals surface area contributed by atoms with E-state index in [1.807, 2.05) is 0 Å². The molecular weight excluding hydrogens is 475 g/mol. The molecule has 28 heavy (non-hydrogen) atoms. The van der Waals surface area contributed by atoms with Gasteiger partial charge >= 0.3 is 12.4 Å². The second-order valence-electron chi connectivity index (χ2n) is 5.33. The van der Waals surface area contributed by atoms with Gasteiger partial charge in [0.2, 0.25) is 0 Å². The summed E-state index contributed by atoms with van der Waals surface area (Å²) in [6.07, 6.45) is -10.3. The minimum Gasteiger partial charge on any atom is -0.384 e. The van der Waals surface area contributed by atoms with E-state index in [-0.39, 0.29) is 27.1 Å². The van der Waals surface area contributed by atoms with Gasteiger partial charge in [0.25, 0.3) is 0 Å². The van der Waals surface area contributed by atoms with Crippen LogP contribution in [0.25, 0.3) is 5.69 Å². The molecule has 0 aliphatic heterocycles. The maximum absolute atomic E-state index is 12.9. The van der Waals surface area contributed by atoms with E-state index in [0.29, 0.717) is 23.9 Å². The highest BCUT2D eigenvalue weighted by Gasteiger charge is 2.33. The Kier molecular flexibility index (Phi) is 6.65. The minimum absolute atomic E-state index is 0.0521. The summed E-state index contributed by atoms with van der Waals surface area (Å²) in [6.45, 7) is 0. The Morgan fingerprint density at radius 3 is 2.04 bits per heavy atom. The zero-order chi connectivity index (χ0) is 21.4. The number of nitrogen functional groups attached to an aromatic ring is 1. The van der Waals surface area contributed by atoms with Gasteiger partial charge in [-0.25, -0.2) is 0 Å². The third kappa shape index (κ3) is 4.76. The second-order valence-corrected chi connectivity index (χ2v) is 7.60. The highest BCUT2D eigenvalue weighted by Crippen LogP contribution is 2.44. The number of rotatable bonds is 4. The molecule has 0 radical (unpaired) electrons. The van der Waals surface area contributed by atoms with Crippen LogP contribution in [-0.2, 0) is 6.18 Å². The Morgan fingerprint density at radius 2 is 1.61 bits per heavy atom. The molecule has 2 aromatic rings. The molecule has 3 nitrogen and oxygen atoms in total. The van der Waals surface area contributed by atoms with E-state index in [1.54, 1.807) is 6.07 Å². The van der Waals surface area contributed by atoms with Crippen LogP contribution in [0.15, 0.2) is 17.0 Å². The van der Waals surface area contributed by atoms with Crippen LogP contribution >= 0.6 is 46.6 Å². The summed E-state index contributed by atoms with van der Waals surface area (Å²) >= 11 is 18.6. The van der Waals surface area contributed by atoms with Crippen molar-refractivity contribution in [3.8, 4) is 11.8 Å². The Bertz CT molecular complexity index is 923. The summed E-state index contributed by atoms with van der Waals surface area (Å²) in [6, 6.07) is 2.91. The van der Waals surface area contributed by atoms with Gasteiger partial charge in [0.05, 0.1) is 32.6 Å². The Balaban J connectivity index is 2.58. The fourth-order valence-corrected chi connectivity index (χ4v) is 4.30. The van der Waals surface area contributed by atoms with Crippen LogP contribution in [0, 0.1) is 11.3 Å². The SMILES string of the molecule is N#Cc1c(SCCC(F)(F)F)c(N)n(-c2c(Cl)cc(C(F)(F)F)cc2Cl)c1Cl. The van der Waals surface area contributed by atoms with Gasteiger partial charge in [-0.3, -0.25) is 4.57 Å². The van der Waals surface area contributed by atoms with Crippen molar-refractivity contribution in [1.82, 2.24) is 4.57 Å². The van der Waals surface area contributed by atoms with Crippen molar-refractivity contribution in [1.29, 1.82) is 5.26 Å². The lowest BCUT2D eigenvalue weighted by Crippen LogP contribution is -2.08. The molecule has 13 heteroatoms. The summed E-state index contributed by atoms with van der Waals surface area (Å²) in [5.41, 5.74) is 4.33. The molecule has 1 heterocycles. The first-order valence-corrected chi connectivity index (χ1v) is 9.25. The van der Waals surface area contributed by atoms with Gasteiger partial charge in [0.1, 0.15) is 22.6 Å². The van der Waals surface area contributed by atoms with Gasteiger partial charge in [-0.15, -0.1) is 11.8 Å². The van der Waals surface area contributed by atoms with Crippen LogP contribution in [0.1, 0.15) is 17.5 Å². The van der Waals surface area contributed by atoms with E-state index < -0.39 is 40.1 Å². The van der Waals surface area contributed by atoms with Crippen LogP contribution in [0.3, 0.4) is 0 Å². The molecule has 1 aromatic heterocycles. The van der Waals surface area contributed by atoms with Crippen LogP contribution in [-0.4, -0.2) is 16.5 Å². The molecule has 0 bridgehead atoms. The number of thioether (sulfide) groups is 1. The molecule has 2 rings (SSSR count). The van der Waals surface area contributed by atoms with Crippen molar-refractivity contribution < 1.29 is 26.3 Å². The van der Waals surface area contributed by atoms with Crippen molar-refractivity contribution in [3.05, 3.63) is 38.5 Å². The van der Waals surface area contributed by atoms with Gasteiger partial charge in [-0.2, -0.15) is 31.6 Å². The fraction of sp³-hybridized carbons (Fsp3) is 0.267. The van der Waals surface area contributed by atoms with E-state index in [0.717, 1.165) is 4.57 Å². The minimum atomic E-state index is -4.71. The number of halogens is 9. The maximum Gasteiger partial charge on any atom is 0.416 e. The maximum atomic E-state index is 12.9. The van der Waals surface area contributed by atoms with E-state index >= 15 is 0 Å². The quantitative estimate of drug-likeness (QED) is 0.379. The van der Waals surface area contributed by atoms with Gasteiger partial charge in [0, 0.05) is 5.75 Å². The molecule has 0 unspecified atom stereocenters. The number of alkyl halides is 6. The number of benzene rings is 1. The highest BCUT2D eigenvalue weighted by molar-refractivity contribution is 7.99. The Hall–Kier alpha value is -1.41. The van der Waals surface area contributed by atoms with E-state index in [2.05, 4.69) is 0 Å². The number of anilines is 1. The first-order chi connectivity index (χ1) is 12.8. The number of nitrogens with zero attached hydrogens (tertiary/aromatic N) is 2. The molecule has 0 spiro atoms. The Morgan fingerprint density at radius 1 is 1.07 bits per heavy atom. The average molecular weight is 483 g/mol. The molecule has 152 valence electrons. The average Bonchev–Trinajstić information content (AvgIpc) is 2.76. The molecule has 0 saturated carbocycles. The van der Waals surface area contributed by atoms with E-state index in [1.165, 1.54) is 0 Å². The molecular formula is C15H8Cl3F6N3S. The van der Waals surface area contributed by atoms with Crippen molar-refractivity contribution in [3.63, 3.8) is 0 Å². The first kappa shape index (κ1) is 22.9. The predicted molar refractivity (Wildman–Crippen MR) is 96.3 cm³/mol. The summed E-state index contributed by atoms with van der Waals surface area (Å²) in [5, 5.41) is 8.03. The fourth-order valence-electron chi connectivity index (χ4n) is 2.21. The predicted octanol–water partition coefficient (Wildman–Crippen LogP) is 6.95. The van der Waals surface area contributed by atoms with Crippen molar-refractivity contribution in [2.75, 3.05) is 11.5 Å². The largest absolute Gasteiger partial charge is 0.416 e. The van der Waals surface area contributed by atoms with Crippen LogP contribution in [0.4, 0.5) is 32.2 Å². The van der Waals surface area contributed by atoms with Crippen molar-refractivity contribution in [2.24, 2.45) is 0 Å². The normalized spacial score (nSPS) is 12.3. The number of hydrogen-bond acceptors (Lipinski definition) is 3. The molecule has 0 amide bonds. The van der Waals surface area contributed by atoms with Crippen LogP contribution in [0.5, 0.6) is 0 Å². The van der Waals surface area contributed by atoms with Crippen LogP contribution in [0.2, 0.25) is 15.2 Å². The molecule has 0 saturated heterocycles. The molecule has 0 aliphatic carbocycles. The lowest BCUT2D eigenvalue weighted by molar-refractivity contribution is -0.137. The van der Waals surface area contributed by atoms with Gasteiger partial charge in [-0.1, -0.05) is 34.8 Å². The van der Waals surface area contributed by atoms with E-state index in [9.17, 15) is 31.6 Å². The zero-order valence-corrected chi connectivity index (χ0v) is 16.4. The topological polar surface area (TPSA) is 54.7 Å². The molecule has 0 aliphatic rings. The monoisotopic (exact) mass is 481 g/mol. The molecule has 2 N–H and O–H groups in total. The number of nitriles is 1.